The van der Waals surface area contributed by atoms with Crippen molar-refractivity contribution in [1.29, 1.82) is 0 Å². The van der Waals surface area contributed by atoms with Gasteiger partial charge in [-0.05, 0) is 59.7 Å². The summed E-state index contributed by atoms with van der Waals surface area (Å²) < 4.78 is 65.5. The summed E-state index contributed by atoms with van der Waals surface area (Å²) in [6.07, 6.45) is -0.667. The average Bonchev–Trinajstić information content (AvgIpc) is 2.83. The fourth-order valence-corrected chi connectivity index (χ4v) is 5.33. The lowest BCUT2D eigenvalue weighted by molar-refractivity contribution is -0.0496. The van der Waals surface area contributed by atoms with E-state index in [1.165, 1.54) is 18.2 Å². The van der Waals surface area contributed by atoms with Crippen molar-refractivity contribution in [2.45, 2.75) is 17.6 Å². The zero-order valence-electron chi connectivity index (χ0n) is 18.0. The lowest BCUT2D eigenvalue weighted by Gasteiger charge is -2.31. The summed E-state index contributed by atoms with van der Waals surface area (Å²) in [7, 11) is -3.85. The zero-order valence-corrected chi connectivity index (χ0v) is 19.6. The maximum absolute atomic E-state index is 13.1. The Morgan fingerprint density at radius 1 is 0.914 bits per heavy atom. The summed E-state index contributed by atoms with van der Waals surface area (Å²) in [5.41, 5.74) is 2.51. The van der Waals surface area contributed by atoms with Crippen LogP contribution in [0.1, 0.15) is 17.2 Å². The second-order valence-electron chi connectivity index (χ2n) is 7.78. The molecule has 1 N–H and O–H groups in total. The topological polar surface area (TPSA) is 64.6 Å². The Hall–Kier alpha value is -3.62. The summed E-state index contributed by atoms with van der Waals surface area (Å²) in [6, 6.07) is 24.6. The molecule has 0 aliphatic carbocycles. The molecular weight excluding hydrogens is 496 g/mol. The van der Waals surface area contributed by atoms with Gasteiger partial charge in [0.1, 0.15) is 17.6 Å². The van der Waals surface area contributed by atoms with Crippen molar-refractivity contribution >= 4 is 27.3 Å². The molecule has 1 atom stereocenters. The second kappa shape index (κ2) is 9.20. The van der Waals surface area contributed by atoms with Crippen LogP contribution >= 0.6 is 11.6 Å². The summed E-state index contributed by atoms with van der Waals surface area (Å²) in [5.74, 6) is 0.319. The lowest BCUT2D eigenvalue weighted by Crippen LogP contribution is -2.18. The monoisotopic (exact) mass is 513 g/mol. The average molecular weight is 514 g/mol. The van der Waals surface area contributed by atoms with Crippen LogP contribution in [0.4, 0.5) is 14.5 Å². The van der Waals surface area contributed by atoms with Crippen molar-refractivity contribution in [1.82, 2.24) is 0 Å². The molecule has 1 aliphatic heterocycles. The van der Waals surface area contributed by atoms with E-state index in [9.17, 15) is 17.2 Å². The first-order valence-electron chi connectivity index (χ1n) is 10.5. The molecule has 1 unspecified atom stereocenters. The van der Waals surface area contributed by atoms with Gasteiger partial charge in [0, 0.05) is 16.3 Å². The fourth-order valence-electron chi connectivity index (χ4n) is 4.06. The van der Waals surface area contributed by atoms with E-state index in [1.54, 1.807) is 66.7 Å². The molecular formula is C26H18ClF2NO4S. The molecule has 0 spiro atoms. The second-order valence-corrected chi connectivity index (χ2v) is 9.90. The molecule has 5 nitrogen and oxygen atoms in total. The van der Waals surface area contributed by atoms with E-state index in [0.29, 0.717) is 38.7 Å². The van der Waals surface area contributed by atoms with Crippen molar-refractivity contribution in [3.8, 4) is 22.6 Å². The van der Waals surface area contributed by atoms with E-state index >= 15 is 0 Å². The molecule has 1 heterocycles. The summed E-state index contributed by atoms with van der Waals surface area (Å²) in [5, 5.41) is 0.495. The van der Waals surface area contributed by atoms with Crippen LogP contribution in [0.5, 0.6) is 11.5 Å². The standard InChI is InChI=1S/C26H18ClF2NO4S/c27-17-7-4-6-16(14-17)25-21-15-18(30-35(31,32)19-8-2-1-3-9-19)12-13-20(21)24-22(33-25)10-5-11-23(24)34-26(28)29/h1-15,25-26,30H. The van der Waals surface area contributed by atoms with Gasteiger partial charge in [0.15, 0.2) is 0 Å². The maximum Gasteiger partial charge on any atom is 0.387 e. The zero-order chi connectivity index (χ0) is 24.6. The first kappa shape index (κ1) is 23.1. The van der Waals surface area contributed by atoms with E-state index in [0.717, 1.165) is 0 Å². The van der Waals surface area contributed by atoms with E-state index in [4.69, 9.17) is 21.1 Å². The Bertz CT molecular complexity index is 1500. The van der Waals surface area contributed by atoms with Crippen LogP contribution in [-0.2, 0) is 10.0 Å². The van der Waals surface area contributed by atoms with E-state index < -0.39 is 22.7 Å². The molecule has 0 amide bonds. The Morgan fingerprint density at radius 3 is 2.43 bits per heavy atom. The van der Waals surface area contributed by atoms with Crippen molar-refractivity contribution in [2.75, 3.05) is 4.72 Å². The third kappa shape index (κ3) is 4.67. The minimum Gasteiger partial charge on any atom is -0.480 e. The highest BCUT2D eigenvalue weighted by Crippen LogP contribution is 2.50. The summed E-state index contributed by atoms with van der Waals surface area (Å²) in [6.45, 7) is -3.02. The largest absolute Gasteiger partial charge is 0.480 e. The van der Waals surface area contributed by atoms with E-state index in [1.807, 2.05) is 6.07 Å². The van der Waals surface area contributed by atoms with Crippen LogP contribution in [0, 0.1) is 0 Å². The number of sulfonamides is 1. The van der Waals surface area contributed by atoms with Crippen LogP contribution in [0.2, 0.25) is 5.02 Å². The molecule has 0 radical (unpaired) electrons. The lowest BCUT2D eigenvalue weighted by atomic mass is 9.89. The van der Waals surface area contributed by atoms with Crippen LogP contribution in [-0.4, -0.2) is 15.0 Å². The number of hydrogen-bond donors (Lipinski definition) is 1. The van der Waals surface area contributed by atoms with E-state index in [2.05, 4.69) is 4.72 Å². The van der Waals surface area contributed by atoms with E-state index in [-0.39, 0.29) is 10.6 Å². The van der Waals surface area contributed by atoms with Gasteiger partial charge in [0.25, 0.3) is 10.0 Å². The number of fused-ring (bicyclic) bond motifs is 3. The van der Waals surface area contributed by atoms with Gasteiger partial charge in [-0.15, -0.1) is 0 Å². The van der Waals surface area contributed by atoms with Crippen LogP contribution in [0.15, 0.2) is 95.9 Å². The Kier molecular flexibility index (Phi) is 6.08. The van der Waals surface area contributed by atoms with Gasteiger partial charge < -0.3 is 9.47 Å². The summed E-state index contributed by atoms with van der Waals surface area (Å²) in [4.78, 5) is 0.110. The maximum atomic E-state index is 13.1. The van der Waals surface area contributed by atoms with Gasteiger partial charge in [-0.25, -0.2) is 8.42 Å². The number of ether oxygens (including phenoxy) is 2. The van der Waals surface area contributed by atoms with Crippen LogP contribution in [0.3, 0.4) is 0 Å². The van der Waals surface area contributed by atoms with Gasteiger partial charge in [0.2, 0.25) is 0 Å². The highest BCUT2D eigenvalue weighted by atomic mass is 35.5. The number of rotatable bonds is 6. The van der Waals surface area contributed by atoms with Gasteiger partial charge >= 0.3 is 6.61 Å². The number of nitrogens with one attached hydrogen (secondary N) is 1. The molecule has 35 heavy (non-hydrogen) atoms. The molecule has 1 aliphatic rings. The van der Waals surface area contributed by atoms with Crippen molar-refractivity contribution in [3.63, 3.8) is 0 Å². The van der Waals surface area contributed by atoms with Crippen LogP contribution < -0.4 is 14.2 Å². The van der Waals surface area contributed by atoms with Gasteiger partial charge in [0.05, 0.1) is 10.5 Å². The number of benzene rings is 4. The Morgan fingerprint density at radius 2 is 1.69 bits per heavy atom. The Balaban J connectivity index is 1.64. The van der Waals surface area contributed by atoms with Crippen molar-refractivity contribution in [2.24, 2.45) is 0 Å². The minimum absolute atomic E-state index is 0.0408. The molecule has 0 fully saturated rings. The number of alkyl halides is 2. The molecule has 5 rings (SSSR count). The molecule has 0 bridgehead atoms. The summed E-state index contributed by atoms with van der Waals surface area (Å²) >= 11 is 6.21. The minimum atomic E-state index is -3.85. The van der Waals surface area contributed by atoms with Gasteiger partial charge in [-0.3, -0.25) is 4.72 Å². The van der Waals surface area contributed by atoms with Crippen molar-refractivity contribution < 1.29 is 26.7 Å². The normalized spacial score (nSPS) is 14.6. The van der Waals surface area contributed by atoms with Crippen LogP contribution in [0.25, 0.3) is 11.1 Å². The number of halogens is 3. The highest BCUT2D eigenvalue weighted by Gasteiger charge is 2.31. The molecule has 9 heteroatoms. The third-order valence-electron chi connectivity index (χ3n) is 5.51. The quantitative estimate of drug-likeness (QED) is 0.305. The number of anilines is 1. The molecule has 0 saturated heterocycles. The predicted octanol–water partition coefficient (Wildman–Crippen LogP) is 6.89. The Labute approximate surface area is 205 Å². The van der Waals surface area contributed by atoms with Gasteiger partial charge in [-0.2, -0.15) is 8.78 Å². The molecule has 4 aromatic carbocycles. The van der Waals surface area contributed by atoms with Gasteiger partial charge in [-0.1, -0.05) is 54.1 Å². The molecule has 4 aromatic rings. The fraction of sp³-hybridized carbons (Fsp3) is 0.0769. The number of hydrogen-bond acceptors (Lipinski definition) is 4. The first-order valence-corrected chi connectivity index (χ1v) is 12.4. The molecule has 0 saturated carbocycles. The smallest absolute Gasteiger partial charge is 0.387 e. The molecule has 0 aromatic heterocycles. The first-order chi connectivity index (χ1) is 16.8. The SMILES string of the molecule is O=S(=O)(Nc1ccc2c(c1)C(c1cccc(Cl)c1)Oc1cccc(OC(F)F)c1-2)c1ccccc1. The van der Waals surface area contributed by atoms with Crippen molar-refractivity contribution in [3.05, 3.63) is 107 Å². The molecule has 178 valence electrons. The predicted molar refractivity (Wildman–Crippen MR) is 130 cm³/mol. The third-order valence-corrected chi connectivity index (χ3v) is 7.14. The highest BCUT2D eigenvalue weighted by molar-refractivity contribution is 7.92.